The summed E-state index contributed by atoms with van der Waals surface area (Å²) < 4.78 is 48.8. The smallest absolute Gasteiger partial charge is 0.361 e. The molecular weight excluding hydrogens is 597 g/mol. The van der Waals surface area contributed by atoms with Crippen LogP contribution in [0.4, 0.5) is 24.9 Å². The highest BCUT2D eigenvalue weighted by atomic mass is 19.4. The van der Waals surface area contributed by atoms with Crippen LogP contribution in [-0.4, -0.2) is 63.5 Å². The largest absolute Gasteiger partial charge is 0.408 e. The summed E-state index contributed by atoms with van der Waals surface area (Å²) in [5, 5.41) is 6.57. The molecular formula is C28H27F3N10O4. The minimum atomic E-state index is -4.38. The van der Waals surface area contributed by atoms with Crippen molar-refractivity contribution >= 4 is 28.8 Å². The Balaban J connectivity index is 1.23. The first-order valence-electron chi connectivity index (χ1n) is 13.9. The lowest BCUT2D eigenvalue weighted by Gasteiger charge is -2.26. The number of amides is 1. The second kappa shape index (κ2) is 11.3. The number of fused-ring (bicyclic) bond motifs is 1. The SMILES string of the molecule is Cc1cc(Cn2c(=O)c3c(ncn3C(C)C(=O)Nc3cccc(-c4cnc(N5CCCC5C(F)(F)F)nc4)n3)n(C)c2=O)no1. The van der Waals surface area contributed by atoms with Gasteiger partial charge in [0.15, 0.2) is 11.2 Å². The maximum Gasteiger partial charge on any atom is 0.408 e. The van der Waals surface area contributed by atoms with Crippen molar-refractivity contribution in [1.29, 1.82) is 0 Å². The summed E-state index contributed by atoms with van der Waals surface area (Å²) in [7, 11) is 1.47. The van der Waals surface area contributed by atoms with Crippen LogP contribution >= 0.6 is 0 Å². The quantitative estimate of drug-likeness (QED) is 0.285. The number of imidazole rings is 1. The van der Waals surface area contributed by atoms with Crippen molar-refractivity contribution in [2.24, 2.45) is 7.05 Å². The van der Waals surface area contributed by atoms with Crippen molar-refractivity contribution in [3.8, 4) is 11.3 Å². The summed E-state index contributed by atoms with van der Waals surface area (Å²) in [6, 6.07) is 3.89. The fourth-order valence-electron chi connectivity index (χ4n) is 5.35. The summed E-state index contributed by atoms with van der Waals surface area (Å²) in [6.07, 6.45) is 0.0874. The maximum atomic E-state index is 13.5. The Morgan fingerprint density at radius 3 is 2.62 bits per heavy atom. The van der Waals surface area contributed by atoms with Crippen LogP contribution in [0.15, 0.2) is 57.1 Å². The Bertz CT molecular complexity index is 2010. The summed E-state index contributed by atoms with van der Waals surface area (Å²) in [6.45, 7) is 3.33. The lowest BCUT2D eigenvalue weighted by molar-refractivity contribution is -0.146. The predicted octanol–water partition coefficient (Wildman–Crippen LogP) is 2.82. The Hall–Kier alpha value is -5.35. The molecule has 6 rings (SSSR count). The van der Waals surface area contributed by atoms with Gasteiger partial charge in [0.25, 0.3) is 5.56 Å². The van der Waals surface area contributed by atoms with E-state index in [1.54, 1.807) is 38.1 Å². The lowest BCUT2D eigenvalue weighted by atomic mass is 10.2. The number of nitrogens with one attached hydrogen (secondary N) is 1. The summed E-state index contributed by atoms with van der Waals surface area (Å²) in [5.41, 5.74) is 0.111. The zero-order valence-corrected chi connectivity index (χ0v) is 24.3. The number of halogens is 3. The maximum absolute atomic E-state index is 13.5. The fraction of sp³-hybridized carbons (Fsp3) is 0.357. The highest BCUT2D eigenvalue weighted by Crippen LogP contribution is 2.34. The van der Waals surface area contributed by atoms with Gasteiger partial charge >= 0.3 is 11.9 Å². The van der Waals surface area contributed by atoms with Crippen LogP contribution in [0, 0.1) is 6.92 Å². The van der Waals surface area contributed by atoms with Gasteiger partial charge in [-0.05, 0) is 38.8 Å². The highest BCUT2D eigenvalue weighted by Gasteiger charge is 2.46. The molecule has 5 aromatic heterocycles. The van der Waals surface area contributed by atoms with Gasteiger partial charge in [0.2, 0.25) is 11.9 Å². The van der Waals surface area contributed by atoms with E-state index in [0.29, 0.717) is 29.1 Å². The monoisotopic (exact) mass is 624 g/mol. The van der Waals surface area contributed by atoms with Gasteiger partial charge in [-0.1, -0.05) is 11.2 Å². The van der Waals surface area contributed by atoms with E-state index in [9.17, 15) is 27.6 Å². The van der Waals surface area contributed by atoms with Crippen molar-refractivity contribution < 1.29 is 22.5 Å². The first kappa shape index (κ1) is 29.7. The van der Waals surface area contributed by atoms with Crippen LogP contribution in [-0.2, 0) is 18.4 Å². The van der Waals surface area contributed by atoms with E-state index in [1.165, 1.54) is 34.9 Å². The number of rotatable bonds is 7. The van der Waals surface area contributed by atoms with E-state index >= 15 is 0 Å². The van der Waals surface area contributed by atoms with Gasteiger partial charge in [-0.25, -0.2) is 24.7 Å². The molecule has 2 unspecified atom stereocenters. The Kier molecular flexibility index (Phi) is 7.46. The zero-order chi connectivity index (χ0) is 32.0. The number of nitrogens with zero attached hydrogens (tertiary/aromatic N) is 9. The summed E-state index contributed by atoms with van der Waals surface area (Å²) in [5.74, 6) is 0.164. The second-order valence-corrected chi connectivity index (χ2v) is 10.7. The molecule has 0 bridgehead atoms. The molecule has 17 heteroatoms. The third kappa shape index (κ3) is 5.56. The van der Waals surface area contributed by atoms with Crippen LogP contribution in [0.25, 0.3) is 22.4 Å². The minimum Gasteiger partial charge on any atom is -0.361 e. The number of anilines is 2. The van der Waals surface area contributed by atoms with Gasteiger partial charge in [-0.15, -0.1) is 0 Å². The molecule has 0 saturated carbocycles. The van der Waals surface area contributed by atoms with Gasteiger partial charge < -0.3 is 19.3 Å². The molecule has 0 aliphatic carbocycles. The van der Waals surface area contributed by atoms with Gasteiger partial charge in [-0.3, -0.25) is 18.7 Å². The number of alkyl halides is 3. The first-order chi connectivity index (χ1) is 21.4. The van der Waals surface area contributed by atoms with Crippen LogP contribution in [0.3, 0.4) is 0 Å². The van der Waals surface area contributed by atoms with Crippen LogP contribution in [0.1, 0.15) is 37.3 Å². The molecule has 45 heavy (non-hydrogen) atoms. The molecule has 2 atom stereocenters. The number of hydrogen-bond donors (Lipinski definition) is 1. The van der Waals surface area contributed by atoms with E-state index < -0.39 is 35.4 Å². The van der Waals surface area contributed by atoms with E-state index in [0.717, 1.165) is 9.47 Å². The Morgan fingerprint density at radius 1 is 1.18 bits per heavy atom. The molecule has 1 N–H and O–H groups in total. The summed E-state index contributed by atoms with van der Waals surface area (Å²) in [4.78, 5) is 57.8. The van der Waals surface area contributed by atoms with Gasteiger partial charge in [0.1, 0.15) is 29.4 Å². The number of pyridine rings is 1. The number of carbonyl (C=O) groups excluding carboxylic acids is 1. The highest BCUT2D eigenvalue weighted by molar-refractivity contribution is 5.93. The molecule has 1 aliphatic heterocycles. The molecule has 1 aliphatic rings. The predicted molar refractivity (Wildman–Crippen MR) is 155 cm³/mol. The average Bonchev–Trinajstić information content (AvgIpc) is 3.78. The van der Waals surface area contributed by atoms with E-state index in [1.807, 2.05) is 0 Å². The van der Waals surface area contributed by atoms with Crippen molar-refractivity contribution in [2.45, 2.75) is 51.5 Å². The van der Waals surface area contributed by atoms with E-state index in [-0.39, 0.29) is 42.4 Å². The van der Waals surface area contributed by atoms with E-state index in [4.69, 9.17) is 4.52 Å². The van der Waals surface area contributed by atoms with Gasteiger partial charge in [0, 0.05) is 37.6 Å². The molecule has 6 heterocycles. The van der Waals surface area contributed by atoms with Crippen molar-refractivity contribution in [2.75, 3.05) is 16.8 Å². The van der Waals surface area contributed by atoms with E-state index in [2.05, 4.69) is 30.4 Å². The zero-order valence-electron chi connectivity index (χ0n) is 24.3. The molecule has 0 aromatic carbocycles. The van der Waals surface area contributed by atoms with Crippen LogP contribution < -0.4 is 21.5 Å². The second-order valence-electron chi connectivity index (χ2n) is 10.7. The minimum absolute atomic E-state index is 0.0120. The molecule has 1 amide bonds. The molecule has 1 fully saturated rings. The van der Waals surface area contributed by atoms with Crippen LogP contribution in [0.5, 0.6) is 0 Å². The molecule has 1 saturated heterocycles. The lowest BCUT2D eigenvalue weighted by Crippen LogP contribution is -2.42. The molecule has 234 valence electrons. The number of aryl methyl sites for hydroxylation is 2. The number of hydrogen-bond acceptors (Lipinski definition) is 10. The van der Waals surface area contributed by atoms with Gasteiger partial charge in [-0.2, -0.15) is 13.2 Å². The molecule has 0 radical (unpaired) electrons. The third-order valence-corrected chi connectivity index (χ3v) is 7.67. The van der Waals surface area contributed by atoms with Gasteiger partial charge in [0.05, 0.1) is 18.6 Å². The third-order valence-electron chi connectivity index (χ3n) is 7.67. The Morgan fingerprint density at radius 2 is 1.93 bits per heavy atom. The molecule has 14 nitrogen and oxygen atoms in total. The molecule has 5 aromatic rings. The topological polar surface area (TPSA) is 159 Å². The molecule has 0 spiro atoms. The average molecular weight is 625 g/mol. The van der Waals surface area contributed by atoms with Crippen molar-refractivity contribution in [3.05, 3.63) is 75.3 Å². The van der Waals surface area contributed by atoms with Crippen molar-refractivity contribution in [3.63, 3.8) is 0 Å². The fourth-order valence-corrected chi connectivity index (χ4v) is 5.35. The van der Waals surface area contributed by atoms with Crippen LogP contribution in [0.2, 0.25) is 0 Å². The Labute approximate surface area is 252 Å². The first-order valence-corrected chi connectivity index (χ1v) is 13.9. The number of carbonyl (C=O) groups is 1. The standard InChI is InChI=1S/C28H27F3N10O4/c1-15-10-18(37-45-15)13-40-25(43)22-23(38(3)27(40)44)34-14-41(22)16(2)24(42)36-21-8-4-6-19(35-21)17-11-32-26(33-12-17)39-9-5-7-20(39)28(29,30)31/h4,6,8,10-12,14,16,20H,5,7,9,13H2,1-3H3,(H,35,36,42). The van der Waals surface area contributed by atoms with Crippen molar-refractivity contribution in [1.82, 2.24) is 38.8 Å². The summed E-state index contributed by atoms with van der Waals surface area (Å²) >= 11 is 0. The number of aromatic nitrogens is 8. The normalized spacial score (nSPS) is 16.0.